The molecule has 2 aromatic carbocycles. The maximum atomic E-state index is 8.80. The Balaban J connectivity index is 1.72. The molecule has 0 bridgehead atoms. The van der Waals surface area contributed by atoms with Gasteiger partial charge in [-0.2, -0.15) is 5.26 Å². The first kappa shape index (κ1) is 15.6. The average Bonchev–Trinajstić information content (AvgIpc) is 3.13. The molecule has 0 spiro atoms. The Kier molecular flexibility index (Phi) is 4.43. The molecule has 6 nitrogen and oxygen atoms in total. The molecular formula is C18H15N3O3. The first-order chi connectivity index (χ1) is 11.7. The van der Waals surface area contributed by atoms with Gasteiger partial charge in [-0.15, -0.1) is 10.2 Å². The van der Waals surface area contributed by atoms with Crippen LogP contribution >= 0.6 is 0 Å². The Morgan fingerprint density at radius 2 is 1.67 bits per heavy atom. The predicted octanol–water partition coefficient (Wildman–Crippen LogP) is 3.76. The molecule has 1 heterocycles. The molecule has 24 heavy (non-hydrogen) atoms. The summed E-state index contributed by atoms with van der Waals surface area (Å²) < 4.78 is 16.6. The van der Waals surface area contributed by atoms with Gasteiger partial charge in [0, 0.05) is 5.56 Å². The highest BCUT2D eigenvalue weighted by atomic mass is 16.5. The Bertz CT molecular complexity index is 848. The lowest BCUT2D eigenvalue weighted by molar-refractivity contribution is 0.189. The Labute approximate surface area is 139 Å². The zero-order valence-electron chi connectivity index (χ0n) is 13.3. The van der Waals surface area contributed by atoms with Crippen LogP contribution in [0.25, 0.3) is 11.5 Å². The second kappa shape index (κ2) is 6.84. The minimum atomic E-state index is -0.405. The molecule has 3 rings (SSSR count). The van der Waals surface area contributed by atoms with Crippen LogP contribution in [0.3, 0.4) is 0 Å². The van der Waals surface area contributed by atoms with Crippen LogP contribution in [0.2, 0.25) is 0 Å². The zero-order valence-corrected chi connectivity index (χ0v) is 13.3. The minimum absolute atomic E-state index is 0.380. The summed E-state index contributed by atoms with van der Waals surface area (Å²) in [5.41, 5.74) is 1.38. The lowest BCUT2D eigenvalue weighted by Gasteiger charge is -2.10. The fourth-order valence-electron chi connectivity index (χ4n) is 2.11. The van der Waals surface area contributed by atoms with Gasteiger partial charge in [0.05, 0.1) is 18.7 Å². The second-order valence-electron chi connectivity index (χ2n) is 5.07. The number of aromatic nitrogens is 2. The van der Waals surface area contributed by atoms with E-state index in [0.717, 1.165) is 11.3 Å². The molecule has 0 radical (unpaired) electrons. The quantitative estimate of drug-likeness (QED) is 0.711. The van der Waals surface area contributed by atoms with Crippen LogP contribution in [-0.2, 0) is 0 Å². The molecule has 6 heteroatoms. The van der Waals surface area contributed by atoms with Gasteiger partial charge >= 0.3 is 0 Å². The summed E-state index contributed by atoms with van der Waals surface area (Å²) in [7, 11) is 1.61. The molecule has 0 amide bonds. The number of nitrogens with zero attached hydrogens (tertiary/aromatic N) is 3. The molecule has 120 valence electrons. The van der Waals surface area contributed by atoms with Crippen molar-refractivity contribution in [3.05, 3.63) is 60.0 Å². The third-order valence-corrected chi connectivity index (χ3v) is 3.42. The molecule has 0 saturated carbocycles. The van der Waals surface area contributed by atoms with Crippen LogP contribution in [-0.4, -0.2) is 17.3 Å². The SMILES string of the molecule is COc1ccc(-c2nnc([C@H](C)Oc3ccc(C#N)cc3)o2)cc1. The maximum absolute atomic E-state index is 8.80. The first-order valence-corrected chi connectivity index (χ1v) is 7.34. The monoisotopic (exact) mass is 321 g/mol. The van der Waals surface area contributed by atoms with Crippen molar-refractivity contribution in [2.24, 2.45) is 0 Å². The van der Waals surface area contributed by atoms with Gasteiger partial charge in [-0.25, -0.2) is 0 Å². The first-order valence-electron chi connectivity index (χ1n) is 7.34. The molecular weight excluding hydrogens is 306 g/mol. The van der Waals surface area contributed by atoms with Crippen molar-refractivity contribution in [2.45, 2.75) is 13.0 Å². The van der Waals surface area contributed by atoms with E-state index in [1.165, 1.54) is 0 Å². The van der Waals surface area contributed by atoms with Gasteiger partial charge in [0.1, 0.15) is 11.5 Å². The van der Waals surface area contributed by atoms with Crippen LogP contribution < -0.4 is 9.47 Å². The highest BCUT2D eigenvalue weighted by molar-refractivity contribution is 5.54. The van der Waals surface area contributed by atoms with Gasteiger partial charge in [0.15, 0.2) is 6.10 Å². The summed E-state index contributed by atoms with van der Waals surface area (Å²) in [6.07, 6.45) is -0.405. The third kappa shape index (κ3) is 3.36. The second-order valence-corrected chi connectivity index (χ2v) is 5.07. The van der Waals surface area contributed by atoms with Gasteiger partial charge in [0.25, 0.3) is 5.89 Å². The molecule has 0 aliphatic heterocycles. The van der Waals surface area contributed by atoms with Crippen LogP contribution in [0, 0.1) is 11.3 Å². The van der Waals surface area contributed by atoms with Crippen molar-refractivity contribution in [1.82, 2.24) is 10.2 Å². The number of hydrogen-bond donors (Lipinski definition) is 0. The number of benzene rings is 2. The average molecular weight is 321 g/mol. The normalized spacial score (nSPS) is 11.5. The van der Waals surface area contributed by atoms with E-state index < -0.39 is 6.10 Å². The summed E-state index contributed by atoms with van der Waals surface area (Å²) in [5, 5.41) is 16.9. The summed E-state index contributed by atoms with van der Waals surface area (Å²) >= 11 is 0. The van der Waals surface area contributed by atoms with Gasteiger partial charge in [-0.05, 0) is 55.5 Å². The minimum Gasteiger partial charge on any atom is -0.497 e. The Hall–Kier alpha value is -3.33. The predicted molar refractivity (Wildman–Crippen MR) is 86.5 cm³/mol. The van der Waals surface area contributed by atoms with E-state index in [4.69, 9.17) is 19.2 Å². The van der Waals surface area contributed by atoms with Crippen LogP contribution in [0.1, 0.15) is 24.5 Å². The van der Waals surface area contributed by atoms with Crippen LogP contribution in [0.15, 0.2) is 52.9 Å². The van der Waals surface area contributed by atoms with Crippen molar-refractivity contribution in [2.75, 3.05) is 7.11 Å². The van der Waals surface area contributed by atoms with Crippen LogP contribution in [0.4, 0.5) is 0 Å². The van der Waals surface area contributed by atoms with E-state index >= 15 is 0 Å². The molecule has 0 N–H and O–H groups in total. The number of methoxy groups -OCH3 is 1. The van der Waals surface area contributed by atoms with Gasteiger partial charge in [-0.3, -0.25) is 0 Å². The highest BCUT2D eigenvalue weighted by Gasteiger charge is 2.16. The summed E-state index contributed by atoms with van der Waals surface area (Å²) in [6.45, 7) is 1.82. The van der Waals surface area contributed by atoms with Crippen molar-refractivity contribution in [3.8, 4) is 29.0 Å². The van der Waals surface area contributed by atoms with Gasteiger partial charge < -0.3 is 13.9 Å². The lowest BCUT2D eigenvalue weighted by Crippen LogP contribution is -2.03. The molecule has 0 unspecified atom stereocenters. The molecule has 3 aromatic rings. The van der Waals surface area contributed by atoms with Gasteiger partial charge in [-0.1, -0.05) is 0 Å². The van der Waals surface area contributed by atoms with E-state index in [1.54, 1.807) is 31.4 Å². The van der Waals surface area contributed by atoms with Crippen molar-refractivity contribution in [1.29, 1.82) is 5.26 Å². The smallest absolute Gasteiger partial charge is 0.257 e. The van der Waals surface area contributed by atoms with Crippen molar-refractivity contribution < 1.29 is 13.9 Å². The summed E-state index contributed by atoms with van der Waals surface area (Å²) in [6, 6.07) is 16.3. The zero-order chi connectivity index (χ0) is 16.9. The lowest BCUT2D eigenvalue weighted by atomic mass is 10.2. The number of nitriles is 1. The standard InChI is InChI=1S/C18H15N3O3/c1-12(23-16-7-3-13(11-19)4-8-16)17-20-21-18(24-17)14-5-9-15(22-2)10-6-14/h3-10,12H,1-2H3/t12-/m0/s1. The van der Waals surface area contributed by atoms with Crippen molar-refractivity contribution >= 4 is 0 Å². The van der Waals surface area contributed by atoms with E-state index in [2.05, 4.69) is 16.3 Å². The summed E-state index contributed by atoms with van der Waals surface area (Å²) in [5.74, 6) is 2.19. The van der Waals surface area contributed by atoms with Gasteiger partial charge in [0.2, 0.25) is 5.89 Å². The number of hydrogen-bond acceptors (Lipinski definition) is 6. The highest BCUT2D eigenvalue weighted by Crippen LogP contribution is 2.25. The summed E-state index contributed by atoms with van der Waals surface area (Å²) in [4.78, 5) is 0. The molecule has 0 saturated heterocycles. The van der Waals surface area contributed by atoms with E-state index in [-0.39, 0.29) is 0 Å². The number of ether oxygens (including phenoxy) is 2. The fraction of sp³-hybridized carbons (Fsp3) is 0.167. The molecule has 0 aliphatic rings. The topological polar surface area (TPSA) is 81.2 Å². The van der Waals surface area contributed by atoms with E-state index in [1.807, 2.05) is 31.2 Å². The fourth-order valence-corrected chi connectivity index (χ4v) is 2.11. The molecule has 1 atom stereocenters. The molecule has 0 aliphatic carbocycles. The Morgan fingerprint density at radius 1 is 1.00 bits per heavy atom. The van der Waals surface area contributed by atoms with E-state index in [0.29, 0.717) is 23.1 Å². The van der Waals surface area contributed by atoms with Crippen molar-refractivity contribution in [3.63, 3.8) is 0 Å². The molecule has 0 fully saturated rings. The molecule has 1 aromatic heterocycles. The van der Waals surface area contributed by atoms with E-state index in [9.17, 15) is 0 Å². The number of rotatable bonds is 5. The Morgan fingerprint density at radius 3 is 2.29 bits per heavy atom. The maximum Gasteiger partial charge on any atom is 0.257 e. The largest absolute Gasteiger partial charge is 0.497 e. The third-order valence-electron chi connectivity index (χ3n) is 3.42. The van der Waals surface area contributed by atoms with Crippen LogP contribution in [0.5, 0.6) is 11.5 Å².